The average Bonchev–Trinajstić information content (AvgIpc) is 2.54. The lowest BCUT2D eigenvalue weighted by atomic mass is 10.0. The molecule has 104 valence electrons. The molecule has 0 bridgehead atoms. The molecule has 3 heteroatoms. The van der Waals surface area contributed by atoms with Gasteiger partial charge in [-0.05, 0) is 22.8 Å². The van der Waals surface area contributed by atoms with Gasteiger partial charge in [-0.15, -0.1) is 0 Å². The van der Waals surface area contributed by atoms with Crippen molar-refractivity contribution in [2.75, 3.05) is 0 Å². The maximum absolute atomic E-state index is 6.27. The molecule has 0 N–H and O–H groups in total. The van der Waals surface area contributed by atoms with Crippen molar-refractivity contribution < 1.29 is 0 Å². The van der Waals surface area contributed by atoms with Gasteiger partial charge >= 0.3 is 0 Å². The van der Waals surface area contributed by atoms with Gasteiger partial charge in [-0.3, -0.25) is 0 Å². The molecule has 0 radical (unpaired) electrons. The molecule has 0 unspecified atom stereocenters. The second kappa shape index (κ2) is 6.11. The van der Waals surface area contributed by atoms with Crippen LogP contribution in [0.2, 0.25) is 15.1 Å². The van der Waals surface area contributed by atoms with E-state index < -0.39 is 0 Å². The molecule has 0 aliphatic carbocycles. The van der Waals surface area contributed by atoms with Crippen LogP contribution in [0, 0.1) is 0 Å². The van der Waals surface area contributed by atoms with Crippen molar-refractivity contribution >= 4 is 34.8 Å². The van der Waals surface area contributed by atoms with E-state index in [1.165, 1.54) is 5.56 Å². The van der Waals surface area contributed by atoms with Crippen molar-refractivity contribution in [1.82, 2.24) is 0 Å². The molecule has 0 heterocycles. The van der Waals surface area contributed by atoms with Crippen LogP contribution in [0.3, 0.4) is 0 Å². The minimum Gasteiger partial charge on any atom is -0.0827 e. The fraction of sp³-hybridized carbons (Fsp3) is 0. The van der Waals surface area contributed by atoms with Crippen LogP contribution in [-0.2, 0) is 0 Å². The van der Waals surface area contributed by atoms with Gasteiger partial charge in [0.1, 0.15) is 0 Å². The predicted octanol–water partition coefficient (Wildman–Crippen LogP) is 6.98. The Morgan fingerprint density at radius 1 is 0.476 bits per heavy atom. The van der Waals surface area contributed by atoms with Gasteiger partial charge in [-0.1, -0.05) is 95.5 Å². The summed E-state index contributed by atoms with van der Waals surface area (Å²) < 4.78 is 0. The normalized spacial score (nSPS) is 10.6. The first-order chi connectivity index (χ1) is 10.2. The minimum atomic E-state index is 0.392. The zero-order chi connectivity index (χ0) is 14.8. The molecule has 0 aromatic heterocycles. The van der Waals surface area contributed by atoms with E-state index in [-0.39, 0.29) is 0 Å². The van der Waals surface area contributed by atoms with Crippen molar-refractivity contribution in [2.24, 2.45) is 0 Å². The van der Waals surface area contributed by atoms with Crippen LogP contribution >= 0.6 is 34.8 Å². The molecular weight excluding hydrogens is 323 g/mol. The Morgan fingerprint density at radius 3 is 1.71 bits per heavy atom. The Kier molecular flexibility index (Phi) is 4.21. The molecular formula is C18H11Cl3. The van der Waals surface area contributed by atoms with Gasteiger partial charge in [-0.25, -0.2) is 0 Å². The molecule has 0 saturated carbocycles. The summed E-state index contributed by atoms with van der Waals surface area (Å²) >= 11 is 18.3. The molecule has 3 rings (SSSR count). The minimum absolute atomic E-state index is 0.392. The van der Waals surface area contributed by atoms with Gasteiger partial charge in [0, 0.05) is 5.56 Å². The number of benzene rings is 3. The van der Waals surface area contributed by atoms with Crippen LogP contribution in [0.1, 0.15) is 0 Å². The fourth-order valence-corrected chi connectivity index (χ4v) is 2.87. The molecule has 21 heavy (non-hydrogen) atoms. The Bertz CT molecular complexity index is 762. The highest BCUT2D eigenvalue weighted by Crippen LogP contribution is 2.38. The van der Waals surface area contributed by atoms with Crippen LogP contribution in [0.5, 0.6) is 0 Å². The van der Waals surface area contributed by atoms with Crippen molar-refractivity contribution in [2.45, 2.75) is 0 Å². The summed E-state index contributed by atoms with van der Waals surface area (Å²) in [7, 11) is 0. The lowest BCUT2D eigenvalue weighted by Crippen LogP contribution is -1.83. The lowest BCUT2D eigenvalue weighted by Gasteiger charge is -2.09. The third-order valence-corrected chi connectivity index (χ3v) is 4.63. The first-order valence-electron chi connectivity index (χ1n) is 6.46. The van der Waals surface area contributed by atoms with Crippen LogP contribution < -0.4 is 0 Å². The van der Waals surface area contributed by atoms with E-state index in [9.17, 15) is 0 Å². The Morgan fingerprint density at radius 2 is 1.05 bits per heavy atom. The molecule has 0 nitrogen and oxygen atoms in total. The zero-order valence-electron chi connectivity index (χ0n) is 11.0. The smallest absolute Gasteiger partial charge is 0.0784 e. The van der Waals surface area contributed by atoms with Crippen molar-refractivity contribution in [3.8, 4) is 22.3 Å². The molecule has 0 spiro atoms. The van der Waals surface area contributed by atoms with Gasteiger partial charge in [0.2, 0.25) is 0 Å². The van der Waals surface area contributed by atoms with Crippen molar-refractivity contribution in [3.63, 3.8) is 0 Å². The SMILES string of the molecule is Clc1ccc(-c2ccc(-c3ccccc3)cc2)c(Cl)c1Cl. The van der Waals surface area contributed by atoms with E-state index in [2.05, 4.69) is 24.3 Å². The Hall–Kier alpha value is -1.47. The second-order valence-electron chi connectivity index (χ2n) is 4.67. The summed E-state index contributed by atoms with van der Waals surface area (Å²) in [6.45, 7) is 0. The Labute approximate surface area is 138 Å². The van der Waals surface area contributed by atoms with Crippen LogP contribution in [0.25, 0.3) is 22.3 Å². The molecule has 0 aliphatic rings. The quantitative estimate of drug-likeness (QED) is 0.444. The van der Waals surface area contributed by atoms with Gasteiger partial charge in [0.15, 0.2) is 0 Å². The van der Waals surface area contributed by atoms with E-state index in [0.29, 0.717) is 15.1 Å². The number of halogens is 3. The first kappa shape index (κ1) is 14.5. The summed E-state index contributed by atoms with van der Waals surface area (Å²) in [4.78, 5) is 0. The number of hydrogen-bond acceptors (Lipinski definition) is 0. The summed E-state index contributed by atoms with van der Waals surface area (Å²) in [6, 6.07) is 22.1. The van der Waals surface area contributed by atoms with Crippen LogP contribution in [0.4, 0.5) is 0 Å². The summed E-state index contributed by atoms with van der Waals surface area (Å²) in [6.07, 6.45) is 0. The summed E-state index contributed by atoms with van der Waals surface area (Å²) in [5, 5.41) is 1.34. The number of rotatable bonds is 2. The molecule has 0 fully saturated rings. The van der Waals surface area contributed by atoms with E-state index in [1.807, 2.05) is 36.4 Å². The highest BCUT2D eigenvalue weighted by atomic mass is 35.5. The third kappa shape index (κ3) is 2.94. The van der Waals surface area contributed by atoms with Crippen molar-refractivity contribution in [3.05, 3.63) is 81.8 Å². The fourth-order valence-electron chi connectivity index (χ4n) is 2.22. The zero-order valence-corrected chi connectivity index (χ0v) is 13.3. The van der Waals surface area contributed by atoms with Crippen molar-refractivity contribution in [1.29, 1.82) is 0 Å². The van der Waals surface area contributed by atoms with Gasteiger partial charge < -0.3 is 0 Å². The third-order valence-electron chi connectivity index (χ3n) is 3.34. The molecule has 0 aliphatic heterocycles. The largest absolute Gasteiger partial charge is 0.0827 e. The van der Waals surface area contributed by atoms with E-state index >= 15 is 0 Å². The van der Waals surface area contributed by atoms with Gasteiger partial charge in [0.05, 0.1) is 15.1 Å². The first-order valence-corrected chi connectivity index (χ1v) is 7.59. The number of hydrogen-bond donors (Lipinski definition) is 0. The highest BCUT2D eigenvalue weighted by molar-refractivity contribution is 6.49. The molecule has 0 atom stereocenters. The molecule has 3 aromatic carbocycles. The molecule has 0 amide bonds. The monoisotopic (exact) mass is 332 g/mol. The lowest BCUT2D eigenvalue weighted by molar-refractivity contribution is 1.59. The standard InChI is InChI=1S/C18H11Cl3/c19-16-11-10-15(17(20)18(16)21)14-8-6-13(7-9-14)12-4-2-1-3-5-12/h1-11H. The highest BCUT2D eigenvalue weighted by Gasteiger charge is 2.10. The predicted molar refractivity (Wildman–Crippen MR) is 92.3 cm³/mol. The van der Waals surface area contributed by atoms with Crippen LogP contribution in [0.15, 0.2) is 66.7 Å². The van der Waals surface area contributed by atoms with E-state index in [0.717, 1.165) is 16.7 Å². The maximum atomic E-state index is 6.27. The Balaban J connectivity index is 2.01. The van der Waals surface area contributed by atoms with E-state index in [1.54, 1.807) is 6.07 Å². The molecule has 0 saturated heterocycles. The van der Waals surface area contributed by atoms with Gasteiger partial charge in [-0.2, -0.15) is 0 Å². The topological polar surface area (TPSA) is 0 Å². The van der Waals surface area contributed by atoms with E-state index in [4.69, 9.17) is 34.8 Å². The maximum Gasteiger partial charge on any atom is 0.0784 e. The second-order valence-corrected chi connectivity index (χ2v) is 5.83. The van der Waals surface area contributed by atoms with Gasteiger partial charge in [0.25, 0.3) is 0 Å². The summed E-state index contributed by atoms with van der Waals surface area (Å²) in [5.41, 5.74) is 4.24. The average molecular weight is 334 g/mol. The molecule has 3 aromatic rings. The summed E-state index contributed by atoms with van der Waals surface area (Å²) in [5.74, 6) is 0. The van der Waals surface area contributed by atoms with Crippen LogP contribution in [-0.4, -0.2) is 0 Å².